The van der Waals surface area contributed by atoms with Gasteiger partial charge in [-0.25, -0.2) is 13.8 Å². The van der Waals surface area contributed by atoms with Crippen molar-refractivity contribution in [3.05, 3.63) is 66.6 Å². The van der Waals surface area contributed by atoms with Crippen LogP contribution in [0.3, 0.4) is 0 Å². The van der Waals surface area contributed by atoms with Crippen LogP contribution >= 0.6 is 0 Å². The summed E-state index contributed by atoms with van der Waals surface area (Å²) < 4.78 is 40.0. The van der Waals surface area contributed by atoms with Gasteiger partial charge < -0.3 is 24.3 Å². The summed E-state index contributed by atoms with van der Waals surface area (Å²) in [5.74, 6) is -1.63. The van der Waals surface area contributed by atoms with E-state index in [0.29, 0.717) is 47.7 Å². The fraction of sp³-hybridized carbons (Fsp3) is 0.214. The van der Waals surface area contributed by atoms with Gasteiger partial charge in [0.15, 0.2) is 11.6 Å². The minimum atomic E-state index is -2.82. The van der Waals surface area contributed by atoms with Crippen molar-refractivity contribution in [1.82, 2.24) is 29.6 Å². The van der Waals surface area contributed by atoms with Crippen molar-refractivity contribution in [2.24, 2.45) is 7.05 Å². The third-order valence-corrected chi connectivity index (χ3v) is 7.04. The summed E-state index contributed by atoms with van der Waals surface area (Å²) in [6, 6.07) is 15.1. The molecular formula is C28H23F2N7O3. The monoisotopic (exact) mass is 543 g/mol. The minimum Gasteiger partial charge on any atom is -0.482 e. The quantitative estimate of drug-likeness (QED) is 0.333. The van der Waals surface area contributed by atoms with Gasteiger partial charge in [0.2, 0.25) is 5.75 Å². The zero-order valence-electron chi connectivity index (χ0n) is 21.3. The highest BCUT2D eigenvalue weighted by molar-refractivity contribution is 6.00. The van der Waals surface area contributed by atoms with Crippen LogP contribution in [0.1, 0.15) is 10.5 Å². The van der Waals surface area contributed by atoms with Crippen molar-refractivity contribution in [2.45, 2.75) is 5.92 Å². The van der Waals surface area contributed by atoms with Crippen molar-refractivity contribution < 1.29 is 23.0 Å². The van der Waals surface area contributed by atoms with Gasteiger partial charge in [-0.2, -0.15) is 10.1 Å². The summed E-state index contributed by atoms with van der Waals surface area (Å²) in [5.41, 5.74) is 4.57. The van der Waals surface area contributed by atoms with Gasteiger partial charge in [-0.15, -0.1) is 0 Å². The number of nitrogens with one attached hydrogen (secondary N) is 2. The molecule has 0 atom stereocenters. The molecule has 0 bridgehead atoms. The second-order valence-electron chi connectivity index (χ2n) is 9.80. The van der Waals surface area contributed by atoms with Crippen LogP contribution in [-0.4, -0.2) is 67.8 Å². The molecule has 1 saturated heterocycles. The van der Waals surface area contributed by atoms with Gasteiger partial charge in [0.1, 0.15) is 18.9 Å². The number of likely N-dealkylation sites (tertiary alicyclic amines) is 1. The summed E-state index contributed by atoms with van der Waals surface area (Å²) >= 11 is 0. The number of benzene rings is 2. The zero-order chi connectivity index (χ0) is 27.4. The molecule has 0 radical (unpaired) electrons. The molecule has 5 heterocycles. The van der Waals surface area contributed by atoms with Crippen LogP contribution in [0.5, 0.6) is 11.6 Å². The van der Waals surface area contributed by atoms with Crippen LogP contribution < -0.4 is 14.8 Å². The Morgan fingerprint density at radius 2 is 1.77 bits per heavy atom. The second-order valence-corrected chi connectivity index (χ2v) is 9.80. The molecule has 202 valence electrons. The molecule has 2 aliphatic rings. The molecule has 0 saturated carbocycles. The lowest BCUT2D eigenvalue weighted by Gasteiger charge is -2.38. The van der Waals surface area contributed by atoms with Crippen molar-refractivity contribution in [3.8, 4) is 34.1 Å². The zero-order valence-corrected chi connectivity index (χ0v) is 21.3. The van der Waals surface area contributed by atoms with Crippen LogP contribution in [0.4, 0.5) is 20.3 Å². The maximum atomic E-state index is 13.3. The molecule has 2 aromatic carbocycles. The lowest BCUT2D eigenvalue weighted by molar-refractivity contribution is -0.113. The number of amides is 1. The van der Waals surface area contributed by atoms with E-state index in [-0.39, 0.29) is 0 Å². The van der Waals surface area contributed by atoms with Gasteiger partial charge in [0, 0.05) is 41.0 Å². The van der Waals surface area contributed by atoms with E-state index in [9.17, 15) is 13.6 Å². The first-order chi connectivity index (χ1) is 19.3. The molecule has 0 unspecified atom stereocenters. The lowest BCUT2D eigenvalue weighted by atomic mass is 10.1. The van der Waals surface area contributed by atoms with E-state index in [4.69, 9.17) is 14.5 Å². The molecule has 2 aliphatic heterocycles. The number of carbonyl (C=O) groups excluding carboxylic acids is 1. The van der Waals surface area contributed by atoms with Gasteiger partial charge in [0.25, 0.3) is 17.7 Å². The fourth-order valence-corrected chi connectivity index (χ4v) is 4.94. The molecule has 40 heavy (non-hydrogen) atoms. The van der Waals surface area contributed by atoms with Crippen molar-refractivity contribution in [2.75, 3.05) is 31.6 Å². The molecule has 5 aromatic rings. The number of nitrogens with zero attached hydrogens (tertiary/aromatic N) is 5. The molecule has 1 fully saturated rings. The van der Waals surface area contributed by atoms with E-state index in [0.717, 1.165) is 32.6 Å². The number of halogens is 2. The first-order valence-electron chi connectivity index (χ1n) is 12.7. The topological polar surface area (TPSA) is 110 Å². The number of hydrogen-bond donors (Lipinski definition) is 2. The SMILES string of the molecule is Cn1c(C(=O)N2CC(F)(F)C2)cc2ccc(-c3nc(Nc4ccc(-c5cn[nH]c5)cc4)c4c(n3)OCCO4)cc21. The van der Waals surface area contributed by atoms with E-state index >= 15 is 0 Å². The number of anilines is 2. The Hall–Kier alpha value is -5.00. The molecule has 3 aromatic heterocycles. The number of ether oxygens (including phenoxy) is 2. The Balaban J connectivity index is 1.22. The average Bonchev–Trinajstić information content (AvgIpc) is 3.60. The summed E-state index contributed by atoms with van der Waals surface area (Å²) in [6.45, 7) is -0.393. The summed E-state index contributed by atoms with van der Waals surface area (Å²) in [6.07, 6.45) is 3.58. The molecular weight excluding hydrogens is 520 g/mol. The normalized spacial score (nSPS) is 15.6. The average molecular weight is 544 g/mol. The summed E-state index contributed by atoms with van der Waals surface area (Å²) in [7, 11) is 1.74. The highest BCUT2D eigenvalue weighted by atomic mass is 19.3. The number of carbonyl (C=O) groups is 1. The fourth-order valence-electron chi connectivity index (χ4n) is 4.94. The Morgan fingerprint density at radius 3 is 2.52 bits per heavy atom. The predicted octanol–water partition coefficient (Wildman–Crippen LogP) is 4.63. The number of aromatic nitrogens is 5. The Kier molecular flexibility index (Phi) is 5.44. The number of hydrogen-bond acceptors (Lipinski definition) is 7. The molecule has 2 N–H and O–H groups in total. The molecule has 7 rings (SSSR count). The maximum absolute atomic E-state index is 13.3. The summed E-state index contributed by atoms with van der Waals surface area (Å²) in [5, 5.41) is 10.9. The Bertz CT molecular complexity index is 1740. The van der Waals surface area contributed by atoms with Crippen LogP contribution in [0.25, 0.3) is 33.4 Å². The van der Waals surface area contributed by atoms with Gasteiger partial charge >= 0.3 is 0 Å². The van der Waals surface area contributed by atoms with Gasteiger partial charge in [-0.3, -0.25) is 9.89 Å². The highest BCUT2D eigenvalue weighted by Gasteiger charge is 2.46. The van der Waals surface area contributed by atoms with Crippen molar-refractivity contribution >= 4 is 28.3 Å². The number of alkyl halides is 2. The lowest BCUT2D eigenvalue weighted by Crippen LogP contribution is -2.58. The number of aryl methyl sites for hydroxylation is 1. The van der Waals surface area contributed by atoms with E-state index in [1.54, 1.807) is 23.9 Å². The Labute approximate surface area is 226 Å². The van der Waals surface area contributed by atoms with Crippen LogP contribution in [0.2, 0.25) is 0 Å². The van der Waals surface area contributed by atoms with E-state index in [1.807, 2.05) is 48.7 Å². The third-order valence-electron chi connectivity index (χ3n) is 7.04. The number of H-pyrrole nitrogens is 1. The third kappa shape index (κ3) is 4.17. The van der Waals surface area contributed by atoms with E-state index in [2.05, 4.69) is 20.5 Å². The van der Waals surface area contributed by atoms with E-state index in [1.165, 1.54) is 0 Å². The molecule has 0 aliphatic carbocycles. The van der Waals surface area contributed by atoms with Crippen molar-refractivity contribution in [1.29, 1.82) is 0 Å². The standard InChI is InChI=1S/C28H23F2N7O3/c1-36-21-11-18(3-2-17(21)10-22(36)27(38)37-14-28(29,30)15-37)24-34-25(23-26(35-24)40-9-8-39-23)33-20-6-4-16(5-7-20)19-12-31-32-13-19/h2-7,10-13H,8-9,14-15H2,1H3,(H,31,32)(H,33,34,35). The van der Waals surface area contributed by atoms with E-state index < -0.39 is 24.9 Å². The largest absolute Gasteiger partial charge is 0.482 e. The van der Waals surface area contributed by atoms with Crippen LogP contribution in [0.15, 0.2) is 60.9 Å². The van der Waals surface area contributed by atoms with Crippen LogP contribution in [-0.2, 0) is 7.05 Å². The van der Waals surface area contributed by atoms with Gasteiger partial charge in [-0.1, -0.05) is 24.3 Å². The molecule has 1 amide bonds. The molecule has 0 spiro atoms. The first-order valence-corrected chi connectivity index (χ1v) is 12.7. The Morgan fingerprint density at radius 1 is 1.00 bits per heavy atom. The van der Waals surface area contributed by atoms with Gasteiger partial charge in [0.05, 0.1) is 19.3 Å². The summed E-state index contributed by atoms with van der Waals surface area (Å²) in [4.78, 5) is 23.3. The smallest absolute Gasteiger partial charge is 0.282 e. The predicted molar refractivity (Wildman–Crippen MR) is 143 cm³/mol. The highest BCUT2D eigenvalue weighted by Crippen LogP contribution is 2.39. The first kappa shape index (κ1) is 24.1. The van der Waals surface area contributed by atoms with Crippen LogP contribution in [0, 0.1) is 0 Å². The molecule has 12 heteroatoms. The van der Waals surface area contributed by atoms with Gasteiger partial charge in [-0.05, 0) is 29.8 Å². The number of rotatable bonds is 5. The molecule has 10 nitrogen and oxygen atoms in total. The second kappa shape index (κ2) is 9.04. The minimum absolute atomic E-state index is 0.329. The maximum Gasteiger partial charge on any atom is 0.282 e. The number of aromatic amines is 1. The number of fused-ring (bicyclic) bond motifs is 2. The van der Waals surface area contributed by atoms with Crippen molar-refractivity contribution in [3.63, 3.8) is 0 Å².